The van der Waals surface area contributed by atoms with Crippen LogP contribution in [0.1, 0.15) is 46.0 Å². The van der Waals surface area contributed by atoms with E-state index in [0.29, 0.717) is 17.0 Å². The third-order valence-electron chi connectivity index (χ3n) is 12.1. The molecule has 2 aromatic heterocycles. The highest BCUT2D eigenvalue weighted by molar-refractivity contribution is 5.84. The lowest BCUT2D eigenvalue weighted by Gasteiger charge is -2.37. The zero-order valence-corrected chi connectivity index (χ0v) is 36.0. The number of rotatable bonds is 16. The maximum absolute atomic E-state index is 11.7. The molecule has 0 unspecified atom stereocenters. The molecule has 0 aliphatic carbocycles. The Labute approximate surface area is 372 Å². The number of benzene rings is 6. The maximum atomic E-state index is 11.7. The van der Waals surface area contributed by atoms with Gasteiger partial charge in [-0.1, -0.05) is 109 Å². The predicted molar refractivity (Wildman–Crippen MR) is 244 cm³/mol. The molecule has 1 aliphatic heterocycles. The van der Waals surface area contributed by atoms with Crippen molar-refractivity contribution in [3.05, 3.63) is 204 Å². The van der Waals surface area contributed by atoms with E-state index >= 15 is 0 Å². The Kier molecular flexibility index (Phi) is 12.0. The summed E-state index contributed by atoms with van der Waals surface area (Å²) in [6.45, 7) is 0.0579. The first-order chi connectivity index (χ1) is 31.4. The smallest absolute Gasteiger partial charge is 0.167 e. The first-order valence-corrected chi connectivity index (χ1v) is 21.0. The van der Waals surface area contributed by atoms with E-state index in [1.165, 1.54) is 6.33 Å². The molecule has 0 bridgehead atoms. The van der Waals surface area contributed by atoms with Crippen molar-refractivity contribution in [2.24, 2.45) is 0 Å². The van der Waals surface area contributed by atoms with E-state index < -0.39 is 29.6 Å². The Bertz CT molecular complexity index is 2670. The Morgan fingerprint density at radius 1 is 0.578 bits per heavy atom. The number of aromatic nitrogens is 4. The van der Waals surface area contributed by atoms with E-state index in [9.17, 15) is 5.11 Å². The van der Waals surface area contributed by atoms with Gasteiger partial charge >= 0.3 is 0 Å². The van der Waals surface area contributed by atoms with Gasteiger partial charge in [0.2, 0.25) is 0 Å². The SMILES string of the molecule is COc1ccc(C(Nc2ncnc3c2ncn3[C@H]2C[C@H](O)[C@@H](COC(c3ccccc3)(c3ccc(OC)cc3)c3ccc(OC)cc3)O2)(c2ccccc2)c2ccc(OC)cc2)cc1. The van der Waals surface area contributed by atoms with Crippen LogP contribution in [0.4, 0.5) is 5.82 Å². The van der Waals surface area contributed by atoms with Gasteiger partial charge in [-0.2, -0.15) is 0 Å². The summed E-state index contributed by atoms with van der Waals surface area (Å²) >= 11 is 0. The maximum Gasteiger partial charge on any atom is 0.167 e. The molecule has 1 aliphatic rings. The Morgan fingerprint density at radius 2 is 1.02 bits per heavy atom. The zero-order chi connectivity index (χ0) is 44.1. The molecule has 12 heteroatoms. The molecule has 3 atom stereocenters. The molecule has 2 N–H and O–H groups in total. The van der Waals surface area contributed by atoms with Gasteiger partial charge in [-0.25, -0.2) is 15.0 Å². The third-order valence-corrected chi connectivity index (χ3v) is 12.1. The summed E-state index contributed by atoms with van der Waals surface area (Å²) in [6, 6.07) is 51.9. The fourth-order valence-corrected chi connectivity index (χ4v) is 8.74. The van der Waals surface area contributed by atoms with Crippen molar-refractivity contribution >= 4 is 17.0 Å². The highest BCUT2D eigenvalue weighted by Gasteiger charge is 2.43. The summed E-state index contributed by atoms with van der Waals surface area (Å²) in [6.07, 6.45) is 1.33. The number of nitrogens with zero attached hydrogens (tertiary/aromatic N) is 4. The van der Waals surface area contributed by atoms with Crippen molar-refractivity contribution in [2.75, 3.05) is 40.4 Å². The van der Waals surface area contributed by atoms with Crippen LogP contribution in [0.5, 0.6) is 23.0 Å². The highest BCUT2D eigenvalue weighted by atomic mass is 16.6. The van der Waals surface area contributed by atoms with E-state index in [4.69, 9.17) is 43.4 Å². The van der Waals surface area contributed by atoms with Crippen LogP contribution in [-0.4, -0.2) is 71.9 Å². The van der Waals surface area contributed by atoms with Crippen molar-refractivity contribution < 1.29 is 33.5 Å². The van der Waals surface area contributed by atoms with Crippen LogP contribution in [0.3, 0.4) is 0 Å². The first kappa shape index (κ1) is 42.1. The van der Waals surface area contributed by atoms with Crippen LogP contribution in [0.25, 0.3) is 11.2 Å². The van der Waals surface area contributed by atoms with Gasteiger partial charge in [0.1, 0.15) is 52.8 Å². The topological polar surface area (TPSA) is 131 Å². The van der Waals surface area contributed by atoms with Crippen LogP contribution >= 0.6 is 0 Å². The number of anilines is 1. The van der Waals surface area contributed by atoms with Crippen molar-refractivity contribution in [1.82, 2.24) is 19.5 Å². The number of aliphatic hydroxyl groups is 1. The Hall–Kier alpha value is -7.25. The van der Waals surface area contributed by atoms with E-state index in [0.717, 1.165) is 56.4 Å². The molecule has 324 valence electrons. The molecule has 0 spiro atoms. The minimum Gasteiger partial charge on any atom is -0.497 e. The van der Waals surface area contributed by atoms with Gasteiger partial charge in [-0.3, -0.25) is 4.57 Å². The summed E-state index contributed by atoms with van der Waals surface area (Å²) in [4.78, 5) is 14.4. The van der Waals surface area contributed by atoms with Crippen LogP contribution in [0.2, 0.25) is 0 Å². The summed E-state index contributed by atoms with van der Waals surface area (Å²) in [5, 5.41) is 15.5. The first-order valence-electron chi connectivity index (χ1n) is 21.0. The molecule has 0 radical (unpaired) electrons. The lowest BCUT2D eigenvalue weighted by atomic mass is 9.77. The van der Waals surface area contributed by atoms with E-state index in [1.54, 1.807) is 34.8 Å². The minimum absolute atomic E-state index is 0.0579. The summed E-state index contributed by atoms with van der Waals surface area (Å²) < 4.78 is 37.8. The normalized spacial score (nSPS) is 16.4. The standard InChI is InChI=1S/C52H49N5O7/c1-59-41-23-15-36(16-24-41)51(35-11-7-5-8-12-35,37-17-25-42(60-2)26-18-37)56-49-48-50(54-33-53-49)57(34-55-48)47-31-45(58)46(64-47)32-63-52(38-13-9-6-10-14-38,39-19-27-43(61-3)28-20-39)40-21-29-44(62-4)30-22-40/h5-30,33-34,45-47,58H,31-32H2,1-4H3,(H,53,54,56)/t45-,46+,47+/m0/s1. The second kappa shape index (κ2) is 18.2. The molecular formula is C52H49N5O7. The van der Waals surface area contributed by atoms with E-state index in [2.05, 4.69) is 17.4 Å². The van der Waals surface area contributed by atoms with Gasteiger partial charge in [-0.15, -0.1) is 0 Å². The lowest BCUT2D eigenvalue weighted by Crippen LogP contribution is -2.38. The molecule has 1 fully saturated rings. The number of nitrogens with one attached hydrogen (secondary N) is 1. The molecule has 0 saturated carbocycles. The second-order valence-corrected chi connectivity index (χ2v) is 15.5. The molecule has 3 heterocycles. The fourth-order valence-electron chi connectivity index (χ4n) is 8.74. The Balaban J connectivity index is 1.06. The largest absolute Gasteiger partial charge is 0.497 e. The number of fused-ring (bicyclic) bond motifs is 1. The molecule has 8 aromatic rings. The fraction of sp³-hybridized carbons (Fsp3) is 0.212. The van der Waals surface area contributed by atoms with Gasteiger partial charge in [0, 0.05) is 6.42 Å². The molecule has 9 rings (SSSR count). The van der Waals surface area contributed by atoms with Gasteiger partial charge in [-0.05, 0) is 81.9 Å². The van der Waals surface area contributed by atoms with Gasteiger partial charge in [0.25, 0.3) is 0 Å². The highest BCUT2D eigenvalue weighted by Crippen LogP contribution is 2.45. The van der Waals surface area contributed by atoms with Crippen LogP contribution in [0.15, 0.2) is 170 Å². The van der Waals surface area contributed by atoms with Crippen molar-refractivity contribution in [3.63, 3.8) is 0 Å². The molecule has 0 amide bonds. The van der Waals surface area contributed by atoms with Crippen LogP contribution < -0.4 is 24.3 Å². The molecule has 12 nitrogen and oxygen atoms in total. The number of hydrogen-bond acceptors (Lipinski definition) is 11. The quantitative estimate of drug-likeness (QED) is 0.0904. The average Bonchev–Trinajstić information content (AvgIpc) is 3.98. The van der Waals surface area contributed by atoms with Gasteiger partial charge in [0.15, 0.2) is 17.0 Å². The summed E-state index contributed by atoms with van der Waals surface area (Å²) in [7, 11) is 6.59. The molecule has 1 saturated heterocycles. The Morgan fingerprint density at radius 3 is 1.50 bits per heavy atom. The van der Waals surface area contributed by atoms with Crippen molar-refractivity contribution in [1.29, 1.82) is 0 Å². The monoisotopic (exact) mass is 855 g/mol. The number of methoxy groups -OCH3 is 4. The van der Waals surface area contributed by atoms with Gasteiger partial charge < -0.3 is 38.8 Å². The molecular weight excluding hydrogens is 807 g/mol. The van der Waals surface area contributed by atoms with Gasteiger partial charge in [0.05, 0.1) is 47.5 Å². The third kappa shape index (κ3) is 7.76. The number of imidazole rings is 1. The molecule has 64 heavy (non-hydrogen) atoms. The zero-order valence-electron chi connectivity index (χ0n) is 36.0. The number of ether oxygens (including phenoxy) is 6. The van der Waals surface area contributed by atoms with Crippen molar-refractivity contribution in [3.8, 4) is 23.0 Å². The molecule has 6 aromatic carbocycles. The van der Waals surface area contributed by atoms with Crippen LogP contribution in [-0.2, 0) is 20.6 Å². The van der Waals surface area contributed by atoms with Crippen LogP contribution in [0, 0.1) is 0 Å². The second-order valence-electron chi connectivity index (χ2n) is 15.5. The van der Waals surface area contributed by atoms with Crippen molar-refractivity contribution in [2.45, 2.75) is 36.0 Å². The average molecular weight is 856 g/mol. The van der Waals surface area contributed by atoms with E-state index in [-0.39, 0.29) is 13.0 Å². The number of aliphatic hydroxyl groups excluding tert-OH is 1. The van der Waals surface area contributed by atoms with E-state index in [1.807, 2.05) is 150 Å². The summed E-state index contributed by atoms with van der Waals surface area (Å²) in [5.41, 5.74) is 4.54. The predicted octanol–water partition coefficient (Wildman–Crippen LogP) is 8.92. The number of hydrogen-bond donors (Lipinski definition) is 2. The minimum atomic E-state index is -1.09. The lowest BCUT2D eigenvalue weighted by molar-refractivity contribution is -0.0931. The summed E-state index contributed by atoms with van der Waals surface area (Å²) in [5.74, 6) is 3.42.